The predicted octanol–water partition coefficient (Wildman–Crippen LogP) is 1.60. The van der Waals surface area contributed by atoms with E-state index in [2.05, 4.69) is 25.8 Å². The van der Waals surface area contributed by atoms with Crippen LogP contribution < -0.4 is 16.4 Å². The first-order valence-electron chi connectivity index (χ1n) is 6.76. The number of amides is 1. The highest BCUT2D eigenvalue weighted by Gasteiger charge is 2.25. The quantitative estimate of drug-likeness (QED) is 0.770. The van der Waals surface area contributed by atoms with Gasteiger partial charge < -0.3 is 16.4 Å². The van der Waals surface area contributed by atoms with Crippen LogP contribution >= 0.6 is 0 Å². The topological polar surface area (TPSA) is 106 Å². The van der Waals surface area contributed by atoms with E-state index in [9.17, 15) is 4.79 Å². The Hall–Kier alpha value is -2.70. The van der Waals surface area contributed by atoms with Gasteiger partial charge in [-0.05, 0) is 31.9 Å². The van der Waals surface area contributed by atoms with E-state index in [-0.39, 0.29) is 5.69 Å². The summed E-state index contributed by atoms with van der Waals surface area (Å²) in [6.07, 6.45) is 2.12. The summed E-state index contributed by atoms with van der Waals surface area (Å²) in [6, 6.07) is 8.16. The molecule has 7 heteroatoms. The van der Waals surface area contributed by atoms with Crippen LogP contribution in [-0.4, -0.2) is 27.1 Å². The van der Waals surface area contributed by atoms with E-state index in [1.165, 1.54) is 5.56 Å². The minimum Gasteiger partial charge on any atom is -0.365 e. The molecule has 1 heterocycles. The summed E-state index contributed by atoms with van der Waals surface area (Å²) in [5.74, 6) is 0.0710. The van der Waals surface area contributed by atoms with Gasteiger partial charge in [-0.1, -0.05) is 17.7 Å². The zero-order valence-corrected chi connectivity index (χ0v) is 11.6. The van der Waals surface area contributed by atoms with Crippen molar-refractivity contribution in [2.24, 2.45) is 5.73 Å². The van der Waals surface area contributed by atoms with Crippen molar-refractivity contribution in [1.82, 2.24) is 15.2 Å². The lowest BCUT2D eigenvalue weighted by Gasteiger charge is -2.09. The Balaban J connectivity index is 1.84. The largest absolute Gasteiger partial charge is 0.365 e. The predicted molar refractivity (Wildman–Crippen MR) is 79.5 cm³/mol. The van der Waals surface area contributed by atoms with Gasteiger partial charge in [0.05, 0.1) is 0 Å². The molecule has 1 aliphatic rings. The SMILES string of the molecule is Cc1ccc(Nc2nnc(C(N)=O)c(NC3CC3)n2)cc1. The van der Waals surface area contributed by atoms with Gasteiger partial charge in [0.2, 0.25) is 5.95 Å². The Bertz CT molecular complexity index is 666. The van der Waals surface area contributed by atoms with E-state index in [0.717, 1.165) is 18.5 Å². The number of hydrogen-bond donors (Lipinski definition) is 3. The zero-order chi connectivity index (χ0) is 14.8. The third kappa shape index (κ3) is 3.25. The minimum absolute atomic E-state index is 0.0661. The summed E-state index contributed by atoms with van der Waals surface area (Å²) in [7, 11) is 0. The monoisotopic (exact) mass is 284 g/mol. The first kappa shape index (κ1) is 13.3. The molecule has 1 fully saturated rings. The Morgan fingerprint density at radius 3 is 2.57 bits per heavy atom. The Morgan fingerprint density at radius 2 is 1.95 bits per heavy atom. The van der Waals surface area contributed by atoms with Gasteiger partial charge in [0.1, 0.15) is 0 Å². The van der Waals surface area contributed by atoms with Crippen LogP contribution in [0.25, 0.3) is 0 Å². The van der Waals surface area contributed by atoms with Crippen molar-refractivity contribution < 1.29 is 4.79 Å². The zero-order valence-electron chi connectivity index (χ0n) is 11.6. The third-order valence-electron chi connectivity index (χ3n) is 3.15. The van der Waals surface area contributed by atoms with Gasteiger partial charge in [0, 0.05) is 11.7 Å². The lowest BCUT2D eigenvalue weighted by molar-refractivity contribution is 0.0995. The van der Waals surface area contributed by atoms with E-state index in [0.29, 0.717) is 17.8 Å². The second-order valence-electron chi connectivity index (χ2n) is 5.11. The van der Waals surface area contributed by atoms with E-state index >= 15 is 0 Å². The molecule has 0 unspecified atom stereocenters. The molecule has 0 saturated heterocycles. The van der Waals surface area contributed by atoms with Crippen LogP contribution in [0.2, 0.25) is 0 Å². The lowest BCUT2D eigenvalue weighted by atomic mass is 10.2. The fourth-order valence-corrected chi connectivity index (χ4v) is 1.83. The van der Waals surface area contributed by atoms with Crippen LogP contribution in [0, 0.1) is 6.92 Å². The Kier molecular flexibility index (Phi) is 3.39. The molecule has 4 N–H and O–H groups in total. The molecule has 108 valence electrons. The average molecular weight is 284 g/mol. The summed E-state index contributed by atoms with van der Waals surface area (Å²) in [5.41, 5.74) is 7.37. The highest BCUT2D eigenvalue weighted by molar-refractivity contribution is 5.95. The number of benzene rings is 1. The van der Waals surface area contributed by atoms with Gasteiger partial charge in [-0.3, -0.25) is 4.79 Å². The summed E-state index contributed by atoms with van der Waals surface area (Å²) < 4.78 is 0. The lowest BCUT2D eigenvalue weighted by Crippen LogP contribution is -2.20. The fourth-order valence-electron chi connectivity index (χ4n) is 1.83. The number of anilines is 3. The molecule has 1 amide bonds. The number of carbonyl (C=O) groups is 1. The number of nitrogens with zero attached hydrogens (tertiary/aromatic N) is 3. The molecular weight excluding hydrogens is 268 g/mol. The molecular formula is C14H16N6O. The summed E-state index contributed by atoms with van der Waals surface area (Å²) in [4.78, 5) is 15.6. The normalized spacial score (nSPS) is 13.8. The third-order valence-corrected chi connectivity index (χ3v) is 3.15. The molecule has 2 aromatic rings. The van der Waals surface area contributed by atoms with Crippen molar-refractivity contribution in [1.29, 1.82) is 0 Å². The van der Waals surface area contributed by atoms with E-state index < -0.39 is 5.91 Å². The maximum Gasteiger partial charge on any atom is 0.273 e. The van der Waals surface area contributed by atoms with Gasteiger partial charge in [0.25, 0.3) is 5.91 Å². The summed E-state index contributed by atoms with van der Waals surface area (Å²) >= 11 is 0. The molecule has 1 saturated carbocycles. The van der Waals surface area contributed by atoms with E-state index in [1.54, 1.807) is 0 Å². The van der Waals surface area contributed by atoms with E-state index in [4.69, 9.17) is 5.73 Å². The van der Waals surface area contributed by atoms with Gasteiger partial charge in [-0.2, -0.15) is 4.98 Å². The van der Waals surface area contributed by atoms with E-state index in [1.807, 2.05) is 31.2 Å². The molecule has 1 aromatic heterocycles. The standard InChI is InChI=1S/C14H16N6O/c1-8-2-4-10(5-3-8)17-14-18-13(16-9-6-7-9)11(12(15)21)19-20-14/h2-5,9H,6-7H2,1H3,(H2,15,21)(H2,16,17,18,20). The van der Waals surface area contributed by atoms with Gasteiger partial charge in [-0.15, -0.1) is 10.2 Å². The average Bonchev–Trinajstić information content (AvgIpc) is 3.25. The number of rotatable bonds is 5. The van der Waals surface area contributed by atoms with Crippen LogP contribution in [0.1, 0.15) is 28.9 Å². The molecule has 1 aromatic carbocycles. The molecule has 0 radical (unpaired) electrons. The molecule has 21 heavy (non-hydrogen) atoms. The van der Waals surface area contributed by atoms with Crippen molar-refractivity contribution in [3.63, 3.8) is 0 Å². The number of nitrogens with one attached hydrogen (secondary N) is 2. The fraction of sp³-hybridized carbons (Fsp3) is 0.286. The maximum atomic E-state index is 11.4. The highest BCUT2D eigenvalue weighted by Crippen LogP contribution is 2.25. The van der Waals surface area contributed by atoms with Crippen LogP contribution in [0.15, 0.2) is 24.3 Å². The highest BCUT2D eigenvalue weighted by atomic mass is 16.1. The Labute approximate surface area is 122 Å². The molecule has 0 bridgehead atoms. The molecule has 0 atom stereocenters. The number of aromatic nitrogens is 3. The summed E-state index contributed by atoms with van der Waals surface area (Å²) in [6.45, 7) is 2.02. The van der Waals surface area contributed by atoms with Gasteiger partial charge >= 0.3 is 0 Å². The molecule has 0 aliphatic heterocycles. The van der Waals surface area contributed by atoms with Crippen LogP contribution in [0.5, 0.6) is 0 Å². The van der Waals surface area contributed by atoms with Crippen molar-refractivity contribution in [2.45, 2.75) is 25.8 Å². The minimum atomic E-state index is -0.639. The molecule has 3 rings (SSSR count). The molecule has 1 aliphatic carbocycles. The maximum absolute atomic E-state index is 11.4. The number of carbonyl (C=O) groups excluding carboxylic acids is 1. The summed E-state index contributed by atoms with van der Waals surface area (Å²) in [5, 5.41) is 14.0. The number of hydrogen-bond acceptors (Lipinski definition) is 6. The first-order chi connectivity index (χ1) is 10.1. The van der Waals surface area contributed by atoms with Crippen LogP contribution in [-0.2, 0) is 0 Å². The van der Waals surface area contributed by atoms with Crippen molar-refractivity contribution in [3.05, 3.63) is 35.5 Å². The van der Waals surface area contributed by atoms with Crippen molar-refractivity contribution >= 4 is 23.4 Å². The number of aryl methyl sites for hydroxylation is 1. The number of primary amides is 1. The molecule has 7 nitrogen and oxygen atoms in total. The van der Waals surface area contributed by atoms with Crippen molar-refractivity contribution in [3.8, 4) is 0 Å². The first-order valence-corrected chi connectivity index (χ1v) is 6.76. The van der Waals surface area contributed by atoms with Crippen molar-refractivity contribution in [2.75, 3.05) is 10.6 Å². The smallest absolute Gasteiger partial charge is 0.273 e. The van der Waals surface area contributed by atoms with Gasteiger partial charge in [-0.25, -0.2) is 0 Å². The van der Waals surface area contributed by atoms with Crippen LogP contribution in [0.3, 0.4) is 0 Å². The Morgan fingerprint density at radius 1 is 1.24 bits per heavy atom. The van der Waals surface area contributed by atoms with Crippen LogP contribution in [0.4, 0.5) is 17.5 Å². The molecule has 0 spiro atoms. The number of nitrogens with two attached hydrogens (primary N) is 1. The second-order valence-corrected chi connectivity index (χ2v) is 5.11. The van der Waals surface area contributed by atoms with Gasteiger partial charge in [0.15, 0.2) is 11.5 Å². The second kappa shape index (κ2) is 5.35.